The molecule has 0 saturated carbocycles. The van der Waals surface area contributed by atoms with Crippen LogP contribution in [0.2, 0.25) is 0 Å². The third kappa shape index (κ3) is 4.46. The molecule has 1 fully saturated rings. The first-order valence-electron chi connectivity index (χ1n) is 12.2. The highest BCUT2D eigenvalue weighted by molar-refractivity contribution is 6.46. The zero-order valence-corrected chi connectivity index (χ0v) is 20.4. The van der Waals surface area contributed by atoms with Gasteiger partial charge in [0.15, 0.2) is 0 Å². The molecule has 8 heteroatoms. The summed E-state index contributed by atoms with van der Waals surface area (Å²) in [5.74, 6) is 0.0122. The van der Waals surface area contributed by atoms with Gasteiger partial charge < -0.3 is 24.0 Å². The Labute approximate surface area is 209 Å². The number of hydrogen-bond donors (Lipinski definition) is 1. The number of rotatable bonds is 8. The lowest BCUT2D eigenvalue weighted by Crippen LogP contribution is -2.31. The maximum absolute atomic E-state index is 13.3. The number of amides is 1. The summed E-state index contributed by atoms with van der Waals surface area (Å²) in [6, 6.07) is 12.0. The predicted octanol–water partition coefficient (Wildman–Crippen LogP) is 4.12. The second-order valence-electron chi connectivity index (χ2n) is 9.10. The molecular weight excluding hydrogens is 458 g/mol. The van der Waals surface area contributed by atoms with Crippen molar-refractivity contribution in [2.24, 2.45) is 0 Å². The van der Waals surface area contributed by atoms with Crippen molar-refractivity contribution in [1.29, 1.82) is 0 Å². The van der Waals surface area contributed by atoms with Crippen molar-refractivity contribution >= 4 is 17.4 Å². The summed E-state index contributed by atoms with van der Waals surface area (Å²) in [5.41, 5.74) is 2.30. The van der Waals surface area contributed by atoms with Crippen LogP contribution in [0.4, 0.5) is 0 Å². The highest BCUT2D eigenvalue weighted by Crippen LogP contribution is 2.41. The van der Waals surface area contributed by atoms with Gasteiger partial charge in [-0.15, -0.1) is 0 Å². The highest BCUT2D eigenvalue weighted by Gasteiger charge is 2.45. The van der Waals surface area contributed by atoms with E-state index < -0.39 is 17.7 Å². The van der Waals surface area contributed by atoms with Crippen LogP contribution in [0, 0.1) is 0 Å². The maximum atomic E-state index is 13.3. The normalized spacial score (nSPS) is 20.4. The molecule has 186 valence electrons. The van der Waals surface area contributed by atoms with Gasteiger partial charge in [-0.25, -0.2) is 4.98 Å². The number of hydrogen-bond acceptors (Lipinski definition) is 6. The van der Waals surface area contributed by atoms with E-state index in [1.807, 2.05) is 54.9 Å². The van der Waals surface area contributed by atoms with E-state index in [9.17, 15) is 14.7 Å². The molecule has 0 bridgehead atoms. The molecule has 1 amide bonds. The van der Waals surface area contributed by atoms with Crippen molar-refractivity contribution in [2.45, 2.75) is 45.4 Å². The summed E-state index contributed by atoms with van der Waals surface area (Å²) < 4.78 is 13.3. The zero-order chi connectivity index (χ0) is 25.2. The number of ether oxygens (including phenoxy) is 2. The van der Waals surface area contributed by atoms with Crippen LogP contribution >= 0.6 is 0 Å². The Morgan fingerprint density at radius 1 is 1.17 bits per heavy atom. The van der Waals surface area contributed by atoms with Crippen LogP contribution in [0.25, 0.3) is 5.76 Å². The van der Waals surface area contributed by atoms with E-state index in [2.05, 4.69) is 4.98 Å². The Morgan fingerprint density at radius 3 is 2.69 bits per heavy atom. The first-order valence-corrected chi connectivity index (χ1v) is 12.2. The minimum absolute atomic E-state index is 0.0577. The summed E-state index contributed by atoms with van der Waals surface area (Å²) in [5, 5.41) is 11.4. The Morgan fingerprint density at radius 2 is 1.97 bits per heavy atom. The summed E-state index contributed by atoms with van der Waals surface area (Å²) >= 11 is 0. The molecule has 2 aliphatic rings. The molecule has 3 aromatic rings. The Balaban J connectivity index is 1.52. The highest BCUT2D eigenvalue weighted by atomic mass is 16.5. The summed E-state index contributed by atoms with van der Waals surface area (Å²) in [7, 11) is 0. The molecule has 3 heterocycles. The van der Waals surface area contributed by atoms with Crippen molar-refractivity contribution in [3.63, 3.8) is 0 Å². The fraction of sp³-hybridized carbons (Fsp3) is 0.321. The topological polar surface area (TPSA) is 93.9 Å². The molecular formula is C28H29N3O5. The Hall–Kier alpha value is -4.07. The average Bonchev–Trinajstić information content (AvgIpc) is 3.58. The lowest BCUT2D eigenvalue weighted by molar-refractivity contribution is -0.139. The fourth-order valence-electron chi connectivity index (χ4n) is 4.94. The fourth-order valence-corrected chi connectivity index (χ4v) is 4.94. The number of imidazole rings is 1. The lowest BCUT2D eigenvalue weighted by Gasteiger charge is -2.25. The van der Waals surface area contributed by atoms with Crippen molar-refractivity contribution in [3.05, 3.63) is 83.4 Å². The largest absolute Gasteiger partial charge is 0.507 e. The smallest absolute Gasteiger partial charge is 0.295 e. The number of aliphatic hydroxyl groups excluding tert-OH is 1. The molecule has 1 saturated heterocycles. The third-order valence-electron chi connectivity index (χ3n) is 6.59. The van der Waals surface area contributed by atoms with Gasteiger partial charge in [-0.1, -0.05) is 12.1 Å². The number of fused-ring (bicyclic) bond motifs is 1. The van der Waals surface area contributed by atoms with E-state index in [4.69, 9.17) is 9.47 Å². The molecule has 8 nitrogen and oxygen atoms in total. The van der Waals surface area contributed by atoms with Crippen LogP contribution in [0.1, 0.15) is 43.0 Å². The molecule has 2 aliphatic heterocycles. The van der Waals surface area contributed by atoms with Gasteiger partial charge in [0.2, 0.25) is 0 Å². The first kappa shape index (κ1) is 23.7. The van der Waals surface area contributed by atoms with E-state index in [0.717, 1.165) is 23.3 Å². The number of aryl methyl sites for hydroxylation is 1. The number of carbonyl (C=O) groups excluding carboxylic acids is 2. The van der Waals surface area contributed by atoms with Crippen LogP contribution in [-0.4, -0.2) is 50.5 Å². The van der Waals surface area contributed by atoms with Crippen LogP contribution < -0.4 is 9.47 Å². The minimum atomic E-state index is -0.702. The number of aliphatic hydroxyl groups is 1. The van der Waals surface area contributed by atoms with Crippen molar-refractivity contribution in [3.8, 4) is 11.5 Å². The molecule has 2 aromatic carbocycles. The maximum Gasteiger partial charge on any atom is 0.295 e. The summed E-state index contributed by atoms with van der Waals surface area (Å²) in [6.45, 7) is 5.44. The Kier molecular flexibility index (Phi) is 6.50. The van der Waals surface area contributed by atoms with E-state index in [0.29, 0.717) is 37.4 Å². The molecule has 1 aromatic heterocycles. The monoisotopic (exact) mass is 487 g/mol. The summed E-state index contributed by atoms with van der Waals surface area (Å²) in [6.07, 6.45) is 6.69. The van der Waals surface area contributed by atoms with Gasteiger partial charge in [0.25, 0.3) is 11.7 Å². The van der Waals surface area contributed by atoms with Crippen LogP contribution in [0.5, 0.6) is 11.5 Å². The molecule has 36 heavy (non-hydrogen) atoms. The summed E-state index contributed by atoms with van der Waals surface area (Å²) in [4.78, 5) is 32.1. The van der Waals surface area contributed by atoms with E-state index in [1.165, 1.54) is 0 Å². The number of benzene rings is 2. The average molecular weight is 488 g/mol. The van der Waals surface area contributed by atoms with Gasteiger partial charge in [0.05, 0.1) is 24.5 Å². The third-order valence-corrected chi connectivity index (χ3v) is 6.59. The van der Waals surface area contributed by atoms with Gasteiger partial charge in [-0.2, -0.15) is 0 Å². The lowest BCUT2D eigenvalue weighted by atomic mass is 9.94. The Bertz CT molecular complexity index is 1300. The van der Waals surface area contributed by atoms with E-state index in [1.54, 1.807) is 29.6 Å². The molecule has 2 unspecified atom stereocenters. The van der Waals surface area contributed by atoms with Gasteiger partial charge in [0, 0.05) is 37.5 Å². The van der Waals surface area contributed by atoms with E-state index >= 15 is 0 Å². The van der Waals surface area contributed by atoms with Gasteiger partial charge in [0.1, 0.15) is 23.4 Å². The number of likely N-dealkylation sites (tertiary alicyclic amines) is 1. The molecule has 0 radical (unpaired) electrons. The number of Topliss-reactive ketones (excluding diaryl/α,β-unsaturated/α-hetero) is 1. The standard InChI is InChI=1S/C28H29N3O5/c1-3-35-22-8-5-19(6-9-22)25-24(26(32)20-7-10-23-21(16-20)15-18(2)36-23)27(33)28(34)31(25)13-4-12-30-14-11-29-17-30/h5-11,14,16-18,25,32H,3-4,12-13,15H2,1-2H3. The van der Waals surface area contributed by atoms with Crippen LogP contribution in [-0.2, 0) is 22.6 Å². The van der Waals surface area contributed by atoms with Gasteiger partial charge >= 0.3 is 0 Å². The van der Waals surface area contributed by atoms with E-state index in [-0.39, 0.29) is 17.4 Å². The van der Waals surface area contributed by atoms with Gasteiger partial charge in [-0.3, -0.25) is 9.59 Å². The molecule has 1 N–H and O–H groups in total. The molecule has 0 spiro atoms. The van der Waals surface area contributed by atoms with Crippen LogP contribution in [0.3, 0.4) is 0 Å². The number of carbonyl (C=O) groups is 2. The van der Waals surface area contributed by atoms with Crippen molar-refractivity contribution in [2.75, 3.05) is 13.2 Å². The first-order chi connectivity index (χ1) is 17.5. The SMILES string of the molecule is CCOc1ccc(C2C(=C(O)c3ccc4c(c3)CC(C)O4)C(=O)C(=O)N2CCCn2ccnc2)cc1. The quantitative estimate of drug-likeness (QED) is 0.292. The molecule has 0 aliphatic carbocycles. The minimum Gasteiger partial charge on any atom is -0.507 e. The predicted molar refractivity (Wildman–Crippen MR) is 134 cm³/mol. The second kappa shape index (κ2) is 9.89. The zero-order valence-electron chi connectivity index (χ0n) is 20.4. The number of aromatic nitrogens is 2. The molecule has 2 atom stereocenters. The van der Waals surface area contributed by atoms with Crippen molar-refractivity contribution in [1.82, 2.24) is 14.5 Å². The second-order valence-corrected chi connectivity index (χ2v) is 9.10. The number of ketones is 1. The molecule has 5 rings (SSSR count). The van der Waals surface area contributed by atoms with Gasteiger partial charge in [-0.05, 0) is 61.7 Å². The van der Waals surface area contributed by atoms with Crippen LogP contribution in [0.15, 0.2) is 66.8 Å². The van der Waals surface area contributed by atoms with Crippen molar-refractivity contribution < 1.29 is 24.2 Å². The number of nitrogens with zero attached hydrogens (tertiary/aromatic N) is 3.